The second-order valence-electron chi connectivity index (χ2n) is 8.30. The highest BCUT2D eigenvalue weighted by Crippen LogP contribution is 2.19. The quantitative estimate of drug-likeness (QED) is 0.166. The molecule has 0 amide bonds. The highest BCUT2D eigenvalue weighted by Gasteiger charge is 2.42. The van der Waals surface area contributed by atoms with Gasteiger partial charge in [-0.05, 0) is 33.6 Å². The van der Waals surface area contributed by atoms with Crippen molar-refractivity contribution >= 4 is 8.80 Å². The van der Waals surface area contributed by atoms with Crippen molar-refractivity contribution in [2.75, 3.05) is 47.0 Å². The zero-order chi connectivity index (χ0) is 20.4. The molecule has 0 rings (SSSR count). The SMILES string of the molecule is CCCCCCCCCCCC[N+](C)(C)CC[Si](OCC)(OCC)OCC.[Cl-]. The summed E-state index contributed by atoms with van der Waals surface area (Å²) in [6.45, 7) is 12.7. The molecule has 4 nitrogen and oxygen atoms in total. The van der Waals surface area contributed by atoms with Crippen molar-refractivity contribution in [2.45, 2.75) is 97.9 Å². The van der Waals surface area contributed by atoms with E-state index in [1.54, 1.807) is 0 Å². The summed E-state index contributed by atoms with van der Waals surface area (Å²) >= 11 is 0. The Morgan fingerprint density at radius 1 is 0.571 bits per heavy atom. The van der Waals surface area contributed by atoms with E-state index >= 15 is 0 Å². The van der Waals surface area contributed by atoms with Crippen LogP contribution >= 0.6 is 0 Å². The molecular weight excluding hydrogens is 390 g/mol. The van der Waals surface area contributed by atoms with Crippen LogP contribution in [0.3, 0.4) is 0 Å². The molecule has 0 aromatic heterocycles. The molecular formula is C22H50ClNO3Si. The van der Waals surface area contributed by atoms with Gasteiger partial charge in [0.05, 0.1) is 33.2 Å². The Labute approximate surface area is 184 Å². The third-order valence-corrected chi connectivity index (χ3v) is 8.25. The lowest BCUT2D eigenvalue weighted by molar-refractivity contribution is -0.888. The number of hydrogen-bond acceptors (Lipinski definition) is 3. The predicted molar refractivity (Wildman–Crippen MR) is 119 cm³/mol. The summed E-state index contributed by atoms with van der Waals surface area (Å²) in [7, 11) is 2.16. The summed E-state index contributed by atoms with van der Waals surface area (Å²) in [6, 6.07) is 0.910. The molecule has 0 unspecified atom stereocenters. The second kappa shape index (κ2) is 19.3. The molecule has 0 atom stereocenters. The van der Waals surface area contributed by atoms with Crippen LogP contribution in [0.4, 0.5) is 0 Å². The van der Waals surface area contributed by atoms with Crippen molar-refractivity contribution in [2.24, 2.45) is 0 Å². The predicted octanol–water partition coefficient (Wildman–Crippen LogP) is 3.04. The first-order chi connectivity index (χ1) is 12.9. The number of quaternary nitrogens is 1. The Hall–Kier alpha value is 0.347. The number of unbranched alkanes of at least 4 members (excludes halogenated alkanes) is 9. The minimum atomic E-state index is -2.50. The maximum Gasteiger partial charge on any atom is 0.506 e. The Bertz CT molecular complexity index is 316. The molecule has 0 N–H and O–H groups in total. The molecule has 0 bridgehead atoms. The van der Waals surface area contributed by atoms with E-state index in [0.717, 1.165) is 17.1 Å². The Kier molecular flexibility index (Phi) is 21.1. The van der Waals surface area contributed by atoms with E-state index < -0.39 is 8.80 Å². The number of nitrogens with zero attached hydrogens (tertiary/aromatic N) is 1. The van der Waals surface area contributed by atoms with E-state index in [9.17, 15) is 0 Å². The molecule has 0 saturated carbocycles. The normalized spacial score (nSPS) is 12.2. The average molecular weight is 440 g/mol. The molecule has 172 valence electrons. The molecule has 28 heavy (non-hydrogen) atoms. The van der Waals surface area contributed by atoms with Crippen molar-refractivity contribution in [1.29, 1.82) is 0 Å². The van der Waals surface area contributed by atoms with Gasteiger partial charge in [-0.2, -0.15) is 0 Å². The molecule has 0 fully saturated rings. The summed E-state index contributed by atoms with van der Waals surface area (Å²) in [4.78, 5) is 0. The Morgan fingerprint density at radius 2 is 0.964 bits per heavy atom. The van der Waals surface area contributed by atoms with Gasteiger partial charge in [-0.3, -0.25) is 0 Å². The fourth-order valence-electron chi connectivity index (χ4n) is 3.58. The largest absolute Gasteiger partial charge is 1.00 e. The van der Waals surface area contributed by atoms with E-state index in [1.165, 1.54) is 70.8 Å². The van der Waals surface area contributed by atoms with Crippen LogP contribution in [0.25, 0.3) is 0 Å². The minimum absolute atomic E-state index is 0. The zero-order valence-electron chi connectivity index (χ0n) is 19.9. The van der Waals surface area contributed by atoms with Crippen molar-refractivity contribution in [3.8, 4) is 0 Å². The molecule has 0 heterocycles. The van der Waals surface area contributed by atoms with Gasteiger partial charge in [0.25, 0.3) is 0 Å². The first-order valence-corrected chi connectivity index (χ1v) is 13.6. The summed E-state index contributed by atoms with van der Waals surface area (Å²) < 4.78 is 19.0. The summed E-state index contributed by atoms with van der Waals surface area (Å²) in [5.41, 5.74) is 0. The van der Waals surface area contributed by atoms with Crippen LogP contribution in [0.5, 0.6) is 0 Å². The molecule has 0 aromatic rings. The molecule has 0 aromatic carbocycles. The Balaban J connectivity index is 0. The van der Waals surface area contributed by atoms with Gasteiger partial charge in [0.15, 0.2) is 0 Å². The second-order valence-corrected chi connectivity index (χ2v) is 11.0. The lowest BCUT2D eigenvalue weighted by atomic mass is 10.1. The van der Waals surface area contributed by atoms with Crippen LogP contribution < -0.4 is 12.4 Å². The van der Waals surface area contributed by atoms with Gasteiger partial charge in [0.2, 0.25) is 0 Å². The first kappa shape index (κ1) is 30.5. The molecule has 0 radical (unpaired) electrons. The van der Waals surface area contributed by atoms with E-state index in [4.69, 9.17) is 13.3 Å². The fourth-order valence-corrected chi connectivity index (χ4v) is 6.46. The van der Waals surface area contributed by atoms with Crippen molar-refractivity contribution in [3.63, 3.8) is 0 Å². The molecule has 0 aliphatic rings. The van der Waals surface area contributed by atoms with E-state index in [2.05, 4.69) is 21.0 Å². The topological polar surface area (TPSA) is 27.7 Å². The third-order valence-electron chi connectivity index (χ3n) is 5.23. The van der Waals surface area contributed by atoms with Crippen molar-refractivity contribution in [3.05, 3.63) is 0 Å². The average Bonchev–Trinajstić information content (AvgIpc) is 2.62. The summed E-state index contributed by atoms with van der Waals surface area (Å²) in [5.74, 6) is 0. The molecule has 0 spiro atoms. The first-order valence-electron chi connectivity index (χ1n) is 11.7. The maximum atomic E-state index is 6.00. The lowest BCUT2D eigenvalue weighted by Crippen LogP contribution is -3.00. The van der Waals surface area contributed by atoms with Crippen LogP contribution in [0.15, 0.2) is 0 Å². The summed E-state index contributed by atoms with van der Waals surface area (Å²) in [5, 5.41) is 0. The third kappa shape index (κ3) is 16.2. The number of rotatable bonds is 20. The van der Waals surface area contributed by atoms with Gasteiger partial charge in [-0.15, -0.1) is 0 Å². The van der Waals surface area contributed by atoms with Crippen LogP contribution in [0.2, 0.25) is 6.04 Å². The van der Waals surface area contributed by atoms with Crippen LogP contribution in [-0.2, 0) is 13.3 Å². The van der Waals surface area contributed by atoms with Gasteiger partial charge in [0.1, 0.15) is 0 Å². The van der Waals surface area contributed by atoms with Gasteiger partial charge < -0.3 is 30.2 Å². The lowest BCUT2D eigenvalue weighted by Gasteiger charge is -2.34. The van der Waals surface area contributed by atoms with Gasteiger partial charge in [-0.1, -0.05) is 58.3 Å². The minimum Gasteiger partial charge on any atom is -1.00 e. The molecule has 0 aliphatic heterocycles. The monoisotopic (exact) mass is 439 g/mol. The van der Waals surface area contributed by atoms with Crippen LogP contribution in [-0.4, -0.2) is 60.3 Å². The van der Waals surface area contributed by atoms with Gasteiger partial charge in [0, 0.05) is 19.8 Å². The Morgan fingerprint density at radius 3 is 1.36 bits per heavy atom. The van der Waals surface area contributed by atoms with Crippen molar-refractivity contribution < 1.29 is 30.2 Å². The van der Waals surface area contributed by atoms with Crippen molar-refractivity contribution in [1.82, 2.24) is 0 Å². The highest BCUT2D eigenvalue weighted by atomic mass is 35.5. The number of halogens is 1. The molecule has 0 saturated heterocycles. The van der Waals surface area contributed by atoms with E-state index in [-0.39, 0.29) is 12.4 Å². The van der Waals surface area contributed by atoms with Crippen LogP contribution in [0, 0.1) is 0 Å². The van der Waals surface area contributed by atoms with Crippen LogP contribution in [0.1, 0.15) is 91.9 Å². The smallest absolute Gasteiger partial charge is 0.506 e. The standard InChI is InChI=1S/C22H50NO3Si.ClH/c1-7-11-12-13-14-15-16-17-18-19-20-23(5,6)21-22-27(24-8-2,25-9-3)26-10-4;/h7-22H2,1-6H3;1H/q+1;/p-1. The molecule has 6 heteroatoms. The zero-order valence-corrected chi connectivity index (χ0v) is 21.6. The summed E-state index contributed by atoms with van der Waals surface area (Å²) in [6.07, 6.45) is 14.0. The van der Waals surface area contributed by atoms with Gasteiger partial charge in [-0.25, -0.2) is 0 Å². The molecule has 0 aliphatic carbocycles. The number of hydrogen-bond donors (Lipinski definition) is 0. The highest BCUT2D eigenvalue weighted by molar-refractivity contribution is 6.60. The van der Waals surface area contributed by atoms with Gasteiger partial charge >= 0.3 is 8.80 Å². The van der Waals surface area contributed by atoms with E-state index in [1.807, 2.05) is 20.8 Å². The maximum absolute atomic E-state index is 6.00. The van der Waals surface area contributed by atoms with E-state index in [0.29, 0.717) is 19.8 Å². The fraction of sp³-hybridized carbons (Fsp3) is 1.00.